The number of nitrogens with one attached hydrogen (secondary N) is 2. The lowest BCUT2D eigenvalue weighted by Gasteiger charge is -2.09. The van der Waals surface area contributed by atoms with Gasteiger partial charge < -0.3 is 19.8 Å². The van der Waals surface area contributed by atoms with Crippen molar-refractivity contribution in [2.75, 3.05) is 26.6 Å². The highest BCUT2D eigenvalue weighted by molar-refractivity contribution is 5.43. The third-order valence-electron chi connectivity index (χ3n) is 3.00. The maximum atomic E-state index is 5.30. The van der Waals surface area contributed by atoms with Gasteiger partial charge in [-0.15, -0.1) is 0 Å². The number of benzene rings is 1. The zero-order valence-corrected chi connectivity index (χ0v) is 11.5. The van der Waals surface area contributed by atoms with Crippen molar-refractivity contribution < 1.29 is 9.47 Å². The number of aryl methyl sites for hydroxylation is 2. The fourth-order valence-corrected chi connectivity index (χ4v) is 1.93. The quantitative estimate of drug-likeness (QED) is 0.837. The number of ether oxygens (including phenoxy) is 2. The van der Waals surface area contributed by atoms with Crippen molar-refractivity contribution >= 4 is 5.95 Å². The van der Waals surface area contributed by atoms with Gasteiger partial charge in [0.05, 0.1) is 20.4 Å². The van der Waals surface area contributed by atoms with Crippen LogP contribution in [-0.2, 0) is 12.8 Å². The summed E-state index contributed by atoms with van der Waals surface area (Å²) in [5.74, 6) is 2.31. The summed E-state index contributed by atoms with van der Waals surface area (Å²) >= 11 is 0. The van der Waals surface area contributed by atoms with E-state index in [0.29, 0.717) is 0 Å². The van der Waals surface area contributed by atoms with Crippen molar-refractivity contribution in [1.82, 2.24) is 9.97 Å². The number of hydrogen-bond donors (Lipinski definition) is 2. The minimum atomic E-state index is 0.755. The second-order valence-electron chi connectivity index (χ2n) is 4.20. The van der Waals surface area contributed by atoms with Gasteiger partial charge in [-0.3, -0.25) is 0 Å². The smallest absolute Gasteiger partial charge is 0.200 e. The van der Waals surface area contributed by atoms with E-state index in [1.165, 1.54) is 5.56 Å². The molecule has 2 N–H and O–H groups in total. The highest BCUT2D eigenvalue weighted by Crippen LogP contribution is 2.27. The number of nitrogens with zero attached hydrogens (tertiary/aromatic N) is 1. The van der Waals surface area contributed by atoms with Crippen molar-refractivity contribution in [3.05, 3.63) is 35.7 Å². The highest BCUT2D eigenvalue weighted by Gasteiger charge is 2.05. The van der Waals surface area contributed by atoms with E-state index in [2.05, 4.69) is 21.4 Å². The lowest BCUT2D eigenvalue weighted by Crippen LogP contribution is -1.95. The summed E-state index contributed by atoms with van der Waals surface area (Å²) in [5, 5.41) is 2.98. The number of anilines is 1. The zero-order valence-electron chi connectivity index (χ0n) is 11.5. The normalized spacial score (nSPS) is 10.3. The summed E-state index contributed by atoms with van der Waals surface area (Å²) in [5.41, 5.74) is 2.32. The van der Waals surface area contributed by atoms with E-state index in [-0.39, 0.29) is 0 Å². The Morgan fingerprint density at radius 2 is 1.95 bits per heavy atom. The summed E-state index contributed by atoms with van der Waals surface area (Å²) in [6.45, 7) is 0. The van der Waals surface area contributed by atoms with Gasteiger partial charge in [0, 0.05) is 12.7 Å². The molecule has 102 valence electrons. The van der Waals surface area contributed by atoms with Gasteiger partial charge in [0.15, 0.2) is 17.4 Å². The Hall–Kier alpha value is -2.17. The minimum Gasteiger partial charge on any atom is -0.493 e. The zero-order chi connectivity index (χ0) is 13.7. The summed E-state index contributed by atoms with van der Waals surface area (Å²) in [4.78, 5) is 7.40. The van der Waals surface area contributed by atoms with Crippen LogP contribution in [-0.4, -0.2) is 31.2 Å². The van der Waals surface area contributed by atoms with Gasteiger partial charge >= 0.3 is 0 Å². The molecule has 1 aromatic heterocycles. The summed E-state index contributed by atoms with van der Waals surface area (Å²) in [6.07, 6.45) is 3.68. The number of methoxy groups -OCH3 is 2. The van der Waals surface area contributed by atoms with Crippen LogP contribution in [0, 0.1) is 0 Å². The third-order valence-corrected chi connectivity index (χ3v) is 3.00. The standard InChI is InChI=1S/C14H19N3O2/c1-15-14-16-9-11(17-14)6-4-10-5-7-12(18-2)13(8-10)19-3/h5,7-9H,4,6H2,1-3H3,(H2,15,16,17). The number of rotatable bonds is 6. The van der Waals surface area contributed by atoms with Gasteiger partial charge in [0.2, 0.25) is 0 Å². The largest absolute Gasteiger partial charge is 0.493 e. The van der Waals surface area contributed by atoms with Gasteiger partial charge in [0.25, 0.3) is 0 Å². The van der Waals surface area contributed by atoms with E-state index in [9.17, 15) is 0 Å². The lowest BCUT2D eigenvalue weighted by atomic mass is 10.1. The third kappa shape index (κ3) is 3.19. The average molecular weight is 261 g/mol. The number of hydrogen-bond acceptors (Lipinski definition) is 4. The van der Waals surface area contributed by atoms with Crippen molar-refractivity contribution in [2.24, 2.45) is 0 Å². The van der Waals surface area contributed by atoms with Gasteiger partial charge in [-0.2, -0.15) is 0 Å². The van der Waals surface area contributed by atoms with Crippen LogP contribution in [0.25, 0.3) is 0 Å². The topological polar surface area (TPSA) is 59.2 Å². The Morgan fingerprint density at radius 3 is 2.58 bits per heavy atom. The predicted octanol–water partition coefficient (Wildman–Crippen LogP) is 2.25. The SMILES string of the molecule is CNc1ncc(CCc2ccc(OC)c(OC)c2)[nH]1. The Morgan fingerprint density at radius 1 is 1.16 bits per heavy atom. The van der Waals surface area contributed by atoms with Gasteiger partial charge in [-0.1, -0.05) is 6.07 Å². The molecule has 19 heavy (non-hydrogen) atoms. The molecule has 0 aliphatic rings. The average Bonchev–Trinajstić information content (AvgIpc) is 2.92. The van der Waals surface area contributed by atoms with E-state index in [1.807, 2.05) is 25.4 Å². The molecule has 5 nitrogen and oxygen atoms in total. The first kappa shape index (κ1) is 13.3. The molecule has 1 aromatic carbocycles. The van der Waals surface area contributed by atoms with E-state index in [0.717, 1.165) is 36.0 Å². The van der Waals surface area contributed by atoms with Crippen LogP contribution in [0.2, 0.25) is 0 Å². The van der Waals surface area contributed by atoms with Crippen molar-refractivity contribution in [3.8, 4) is 11.5 Å². The van der Waals surface area contributed by atoms with E-state index in [1.54, 1.807) is 14.2 Å². The molecule has 2 rings (SSSR count). The molecule has 0 fully saturated rings. The van der Waals surface area contributed by atoms with Crippen molar-refractivity contribution in [1.29, 1.82) is 0 Å². The summed E-state index contributed by atoms with van der Waals surface area (Å²) in [6, 6.07) is 5.99. The van der Waals surface area contributed by atoms with E-state index in [4.69, 9.17) is 9.47 Å². The number of aromatic nitrogens is 2. The lowest BCUT2D eigenvalue weighted by molar-refractivity contribution is 0.354. The minimum absolute atomic E-state index is 0.755. The van der Waals surface area contributed by atoms with E-state index >= 15 is 0 Å². The maximum Gasteiger partial charge on any atom is 0.200 e. The Labute approximate surface area is 113 Å². The number of H-pyrrole nitrogens is 1. The monoisotopic (exact) mass is 261 g/mol. The van der Waals surface area contributed by atoms with Crippen LogP contribution >= 0.6 is 0 Å². The second-order valence-corrected chi connectivity index (χ2v) is 4.20. The maximum absolute atomic E-state index is 5.30. The fraction of sp³-hybridized carbons (Fsp3) is 0.357. The van der Waals surface area contributed by atoms with Gasteiger partial charge in [-0.25, -0.2) is 4.98 Å². The van der Waals surface area contributed by atoms with Crippen LogP contribution in [0.15, 0.2) is 24.4 Å². The summed E-state index contributed by atoms with van der Waals surface area (Å²) in [7, 11) is 5.13. The molecule has 5 heteroatoms. The molecule has 0 radical (unpaired) electrons. The first-order valence-corrected chi connectivity index (χ1v) is 6.19. The molecule has 0 spiro atoms. The molecule has 0 bridgehead atoms. The molecular weight excluding hydrogens is 242 g/mol. The first-order chi connectivity index (χ1) is 9.26. The molecule has 0 unspecified atom stereocenters. The van der Waals surface area contributed by atoms with Gasteiger partial charge in [0.1, 0.15) is 0 Å². The first-order valence-electron chi connectivity index (χ1n) is 6.19. The molecule has 0 aliphatic heterocycles. The van der Waals surface area contributed by atoms with Crippen LogP contribution in [0.4, 0.5) is 5.95 Å². The number of aromatic amines is 1. The highest BCUT2D eigenvalue weighted by atomic mass is 16.5. The van der Waals surface area contributed by atoms with Crippen molar-refractivity contribution in [3.63, 3.8) is 0 Å². The second kappa shape index (κ2) is 6.13. The number of imidazole rings is 1. The van der Waals surface area contributed by atoms with Crippen LogP contribution in [0.5, 0.6) is 11.5 Å². The molecule has 0 atom stereocenters. The van der Waals surface area contributed by atoms with Crippen LogP contribution in [0.3, 0.4) is 0 Å². The summed E-state index contributed by atoms with van der Waals surface area (Å²) < 4.78 is 10.5. The van der Waals surface area contributed by atoms with E-state index < -0.39 is 0 Å². The fourth-order valence-electron chi connectivity index (χ4n) is 1.93. The molecular formula is C14H19N3O2. The Kier molecular flexibility index (Phi) is 4.28. The van der Waals surface area contributed by atoms with Crippen LogP contribution in [0.1, 0.15) is 11.3 Å². The Bertz CT molecular complexity index is 537. The predicted molar refractivity (Wildman–Crippen MR) is 75.1 cm³/mol. The molecule has 0 saturated heterocycles. The molecule has 0 saturated carbocycles. The molecule has 2 aromatic rings. The molecule has 0 amide bonds. The van der Waals surface area contributed by atoms with Crippen molar-refractivity contribution in [2.45, 2.75) is 12.8 Å². The molecule has 1 heterocycles. The Balaban J connectivity index is 2.03. The van der Waals surface area contributed by atoms with Crippen LogP contribution < -0.4 is 14.8 Å². The van der Waals surface area contributed by atoms with Gasteiger partial charge in [-0.05, 0) is 30.5 Å². The molecule has 0 aliphatic carbocycles.